The van der Waals surface area contributed by atoms with E-state index >= 15 is 8.78 Å². The monoisotopic (exact) mass is 894 g/mol. The number of nitrogens with one attached hydrogen (secondary N) is 3. The average Bonchev–Trinajstić information content (AvgIpc) is 4.07. The Kier molecular flexibility index (Phi) is 10.6. The van der Waals surface area contributed by atoms with Crippen molar-refractivity contribution >= 4 is 56.1 Å². The lowest BCUT2D eigenvalue weighted by atomic mass is 9.78. The van der Waals surface area contributed by atoms with Gasteiger partial charge in [-0.25, -0.2) is 18.2 Å². The number of fused-ring (bicyclic) bond motifs is 2. The number of likely N-dealkylation sites (tertiary alicyclic amines) is 1. The summed E-state index contributed by atoms with van der Waals surface area (Å²) in [5.41, 5.74) is 4.26. The highest BCUT2D eigenvalue weighted by molar-refractivity contribution is 7.90. The zero-order chi connectivity index (χ0) is 44.5. The standard InChI is InChI=1S/C46H45F3N8O6S/c47-31-13-16-56(23-31)64(62,63)53-37-10-9-36(48)40(41(37)49)42(59)35-21-51-43-34(35)19-29(20-50-43)28-4-6-32(7-5-28)55-25-46(26-55)14-17-54(24-46)15-1-2-27-3-8-33-30(18-27)22-57(45(33)61)38-11-12-39(58)52-44(38)60/h3-10,18-21,31,38,53H,1-2,11-17,22-26H2,(H,50,51)(H,52,58,60)/t31-,38?/m1/s1. The van der Waals surface area contributed by atoms with Gasteiger partial charge in [-0.15, -0.1) is 0 Å². The number of H-pyrrole nitrogens is 1. The predicted molar refractivity (Wildman–Crippen MR) is 231 cm³/mol. The number of aromatic amines is 1. The lowest BCUT2D eigenvalue weighted by molar-refractivity contribution is -0.136. The fraction of sp³-hybridized carbons (Fsp3) is 0.370. The van der Waals surface area contributed by atoms with Gasteiger partial charge in [0.2, 0.25) is 17.6 Å². The molecule has 18 heteroatoms. The highest BCUT2D eigenvalue weighted by atomic mass is 32.2. The van der Waals surface area contributed by atoms with Gasteiger partial charge in [-0.05, 0) is 98.3 Å². The lowest BCUT2D eigenvalue weighted by Crippen LogP contribution is -2.57. The molecule has 5 aliphatic heterocycles. The SMILES string of the molecule is O=C1CCC(N2Cc3cc(CCCN4CCC5(C4)CN(c4ccc(-c6cnc7[nH]cc(C(=O)c8c(F)ccc(NS(=O)(=O)N9CC[C@@H](F)C9)c8F)c7c6)cc4)C5)ccc3C2=O)C(=O)N1. The summed E-state index contributed by atoms with van der Waals surface area (Å²) in [5, 5.41) is 2.69. The van der Waals surface area contributed by atoms with Gasteiger partial charge in [0.05, 0.1) is 11.3 Å². The Morgan fingerprint density at radius 1 is 0.953 bits per heavy atom. The first-order valence-corrected chi connectivity index (χ1v) is 22.9. The minimum atomic E-state index is -4.35. The quantitative estimate of drug-likeness (QED) is 0.111. The molecule has 0 aliphatic carbocycles. The summed E-state index contributed by atoms with van der Waals surface area (Å²) < 4.78 is 73.1. The van der Waals surface area contributed by atoms with Crippen LogP contribution in [-0.2, 0) is 32.8 Å². The van der Waals surface area contributed by atoms with E-state index in [0.29, 0.717) is 35.1 Å². The predicted octanol–water partition coefficient (Wildman–Crippen LogP) is 5.35. The maximum Gasteiger partial charge on any atom is 0.301 e. The van der Waals surface area contributed by atoms with Gasteiger partial charge in [0.1, 0.15) is 23.7 Å². The summed E-state index contributed by atoms with van der Waals surface area (Å²) in [5.74, 6) is -4.42. The second-order valence-corrected chi connectivity index (χ2v) is 19.4. The molecule has 0 radical (unpaired) electrons. The number of benzene rings is 3. The first-order valence-electron chi connectivity index (χ1n) is 21.5. The number of pyridine rings is 1. The number of amides is 3. The van der Waals surface area contributed by atoms with Gasteiger partial charge in [0.15, 0.2) is 5.82 Å². The summed E-state index contributed by atoms with van der Waals surface area (Å²) >= 11 is 0. The Bertz CT molecular complexity index is 2850. The minimum absolute atomic E-state index is 0.00340. The van der Waals surface area contributed by atoms with E-state index < -0.39 is 57.0 Å². The molecule has 4 saturated heterocycles. The van der Waals surface area contributed by atoms with Gasteiger partial charge in [-0.1, -0.05) is 24.3 Å². The number of hydrogen-bond donors (Lipinski definition) is 3. The molecule has 10 rings (SSSR count). The normalized spacial score (nSPS) is 21.2. The van der Waals surface area contributed by atoms with Gasteiger partial charge in [-0.2, -0.15) is 12.7 Å². The third kappa shape index (κ3) is 7.70. The number of imide groups is 1. The maximum absolute atomic E-state index is 15.7. The molecule has 1 spiro atoms. The molecular formula is C46H45F3N8O6S. The van der Waals surface area contributed by atoms with Crippen LogP contribution in [0, 0.1) is 17.0 Å². The number of piperidine rings is 1. The number of anilines is 2. The summed E-state index contributed by atoms with van der Waals surface area (Å²) in [6.45, 7) is 4.82. The van der Waals surface area contributed by atoms with E-state index in [4.69, 9.17) is 0 Å². The fourth-order valence-electron chi connectivity index (χ4n) is 10.0. The zero-order valence-electron chi connectivity index (χ0n) is 34.7. The van der Waals surface area contributed by atoms with Crippen molar-refractivity contribution in [2.75, 3.05) is 55.4 Å². The van der Waals surface area contributed by atoms with Crippen LogP contribution in [0.25, 0.3) is 22.2 Å². The number of rotatable bonds is 12. The number of aryl methyl sites for hydroxylation is 1. The van der Waals surface area contributed by atoms with Crippen LogP contribution >= 0.6 is 0 Å². The van der Waals surface area contributed by atoms with Crippen LogP contribution in [0.15, 0.2) is 73.1 Å². The van der Waals surface area contributed by atoms with Gasteiger partial charge in [-0.3, -0.25) is 29.2 Å². The molecule has 0 saturated carbocycles. The van der Waals surface area contributed by atoms with Crippen LogP contribution in [0.4, 0.5) is 24.5 Å². The molecule has 5 aliphatic rings. The van der Waals surface area contributed by atoms with Crippen LogP contribution < -0.4 is 14.9 Å². The molecule has 14 nitrogen and oxygen atoms in total. The Balaban J connectivity index is 0.739. The Morgan fingerprint density at radius 2 is 1.77 bits per heavy atom. The van der Waals surface area contributed by atoms with Crippen LogP contribution in [0.1, 0.15) is 69.5 Å². The summed E-state index contributed by atoms with van der Waals surface area (Å²) in [7, 11) is -4.35. The second-order valence-electron chi connectivity index (χ2n) is 17.7. The molecule has 1 unspecified atom stereocenters. The van der Waals surface area contributed by atoms with Gasteiger partial charge < -0.3 is 19.7 Å². The van der Waals surface area contributed by atoms with Crippen molar-refractivity contribution in [1.29, 1.82) is 0 Å². The summed E-state index contributed by atoms with van der Waals surface area (Å²) in [6.07, 6.45) is 5.18. The van der Waals surface area contributed by atoms with Crippen molar-refractivity contribution < 1.29 is 40.8 Å². The molecule has 2 atom stereocenters. The first kappa shape index (κ1) is 41.9. The number of hydrogen-bond acceptors (Lipinski definition) is 9. The van der Waals surface area contributed by atoms with Crippen molar-refractivity contribution in [1.82, 2.24) is 29.4 Å². The van der Waals surface area contributed by atoms with Crippen LogP contribution in [0.3, 0.4) is 0 Å². The molecule has 0 bridgehead atoms. The van der Waals surface area contributed by atoms with Gasteiger partial charge in [0, 0.05) is 91.3 Å². The van der Waals surface area contributed by atoms with E-state index in [0.717, 1.165) is 90.8 Å². The van der Waals surface area contributed by atoms with Crippen molar-refractivity contribution in [3.8, 4) is 11.1 Å². The number of carbonyl (C=O) groups excluding carboxylic acids is 4. The molecule has 2 aromatic heterocycles. The summed E-state index contributed by atoms with van der Waals surface area (Å²) in [6, 6.07) is 16.8. The zero-order valence-corrected chi connectivity index (χ0v) is 35.5. The largest absolute Gasteiger partial charge is 0.370 e. The second kappa shape index (κ2) is 16.2. The van der Waals surface area contributed by atoms with Crippen molar-refractivity contribution in [2.45, 2.75) is 57.3 Å². The van der Waals surface area contributed by atoms with Gasteiger partial charge >= 0.3 is 10.2 Å². The summed E-state index contributed by atoms with van der Waals surface area (Å²) in [4.78, 5) is 64.7. The highest BCUT2D eigenvalue weighted by Crippen LogP contribution is 2.42. The van der Waals surface area contributed by atoms with Crippen LogP contribution in [0.5, 0.6) is 0 Å². The van der Waals surface area contributed by atoms with Crippen LogP contribution in [-0.4, -0.2) is 114 Å². The lowest BCUT2D eigenvalue weighted by Gasteiger charge is -2.49. The molecule has 3 aromatic carbocycles. The van der Waals surface area contributed by atoms with Crippen molar-refractivity contribution in [3.05, 3.63) is 113 Å². The Morgan fingerprint density at radius 3 is 2.53 bits per heavy atom. The Labute approximate surface area is 367 Å². The number of alkyl halides is 1. The van der Waals surface area contributed by atoms with E-state index in [-0.39, 0.29) is 48.7 Å². The number of nitrogens with zero attached hydrogens (tertiary/aromatic N) is 5. The number of halogens is 3. The number of ketones is 1. The fourth-order valence-corrected chi connectivity index (χ4v) is 11.3. The van der Waals surface area contributed by atoms with E-state index in [1.165, 1.54) is 6.20 Å². The molecular weight excluding hydrogens is 850 g/mol. The number of carbonyl (C=O) groups is 4. The van der Waals surface area contributed by atoms with Crippen molar-refractivity contribution in [3.63, 3.8) is 0 Å². The molecule has 5 aromatic rings. The molecule has 3 amide bonds. The van der Waals surface area contributed by atoms with E-state index in [9.17, 15) is 32.0 Å². The molecule has 7 heterocycles. The third-order valence-electron chi connectivity index (χ3n) is 13.4. The molecule has 64 heavy (non-hydrogen) atoms. The third-order valence-corrected chi connectivity index (χ3v) is 14.9. The van der Waals surface area contributed by atoms with Crippen molar-refractivity contribution in [2.24, 2.45) is 5.41 Å². The van der Waals surface area contributed by atoms with E-state index in [1.54, 1.807) is 17.2 Å². The first-order chi connectivity index (χ1) is 30.7. The average molecular weight is 895 g/mol. The smallest absolute Gasteiger partial charge is 0.301 e. The number of aromatic nitrogens is 2. The maximum atomic E-state index is 15.7. The Hall–Kier alpha value is -6.11. The van der Waals surface area contributed by atoms with Crippen LogP contribution in [0.2, 0.25) is 0 Å². The highest BCUT2D eigenvalue weighted by Gasteiger charge is 2.47. The topological polar surface area (TPSA) is 168 Å². The van der Waals surface area contributed by atoms with E-state index in [1.807, 2.05) is 41.1 Å². The minimum Gasteiger partial charge on any atom is -0.370 e. The molecule has 4 fully saturated rings. The molecule has 332 valence electrons. The molecule has 3 N–H and O–H groups in total. The van der Waals surface area contributed by atoms with Gasteiger partial charge in [0.25, 0.3) is 5.91 Å². The van der Waals surface area contributed by atoms with E-state index in [2.05, 4.69) is 31.2 Å².